The van der Waals surface area contributed by atoms with Crippen molar-refractivity contribution in [3.8, 4) is 0 Å². The lowest BCUT2D eigenvalue weighted by Crippen LogP contribution is -2.49. The summed E-state index contributed by atoms with van der Waals surface area (Å²) in [5, 5.41) is 6.08. The zero-order chi connectivity index (χ0) is 14.5. The lowest BCUT2D eigenvalue weighted by Gasteiger charge is -2.33. The van der Waals surface area contributed by atoms with Gasteiger partial charge in [-0.15, -0.1) is 0 Å². The molecule has 1 aliphatic rings. The predicted octanol–water partition coefficient (Wildman–Crippen LogP) is 1.47. The Labute approximate surface area is 107 Å². The fourth-order valence-corrected chi connectivity index (χ4v) is 2.41. The summed E-state index contributed by atoms with van der Waals surface area (Å²) in [4.78, 5) is 11.7. The number of hydrogen-bond donors (Lipinski definition) is 2. The van der Waals surface area contributed by atoms with Crippen molar-refractivity contribution in [2.75, 3.05) is 0 Å². The van der Waals surface area contributed by atoms with Crippen LogP contribution in [0.1, 0.15) is 25.8 Å². The summed E-state index contributed by atoms with van der Waals surface area (Å²) < 4.78 is 44.6. The molecule has 2 rings (SSSR count). The quantitative estimate of drug-likeness (QED) is 0.858. The van der Waals surface area contributed by atoms with E-state index in [1.807, 2.05) is 0 Å². The van der Waals surface area contributed by atoms with Gasteiger partial charge in [-0.05, 0) is 19.3 Å². The number of alkyl halides is 3. The second kappa shape index (κ2) is 3.96. The van der Waals surface area contributed by atoms with Gasteiger partial charge in [0.05, 0.1) is 6.20 Å². The maximum atomic E-state index is 13.1. The first-order chi connectivity index (χ1) is 8.63. The van der Waals surface area contributed by atoms with Gasteiger partial charge >= 0.3 is 6.18 Å². The second-order valence-corrected chi connectivity index (χ2v) is 4.99. The zero-order valence-electron chi connectivity index (χ0n) is 10.4. The highest BCUT2D eigenvalue weighted by atomic mass is 19.4. The topological polar surface area (TPSA) is 81.0 Å². The Morgan fingerprint density at radius 2 is 2.26 bits per heavy atom. The van der Waals surface area contributed by atoms with Gasteiger partial charge < -0.3 is 10.5 Å². The molecule has 1 amide bonds. The summed E-state index contributed by atoms with van der Waals surface area (Å²) in [5.41, 5.74) is 1.27. The number of ether oxygens (including phenoxy) is 1. The molecule has 0 aromatic carbocycles. The molecule has 3 N–H and O–H groups in total. The van der Waals surface area contributed by atoms with Gasteiger partial charge in [-0.2, -0.15) is 18.3 Å². The fourth-order valence-electron chi connectivity index (χ4n) is 2.41. The van der Waals surface area contributed by atoms with Crippen molar-refractivity contribution in [3.05, 3.63) is 18.0 Å². The first-order valence-electron chi connectivity index (χ1n) is 5.69. The number of aromatic nitrogens is 2. The highest BCUT2D eigenvalue weighted by Gasteiger charge is 2.66. The Morgan fingerprint density at radius 1 is 1.63 bits per heavy atom. The van der Waals surface area contributed by atoms with Gasteiger partial charge in [-0.3, -0.25) is 9.89 Å². The van der Waals surface area contributed by atoms with Gasteiger partial charge in [0.15, 0.2) is 11.2 Å². The molecule has 2 heterocycles. The van der Waals surface area contributed by atoms with E-state index in [1.165, 1.54) is 19.3 Å². The van der Waals surface area contributed by atoms with Crippen LogP contribution in [0.15, 0.2) is 12.4 Å². The molecule has 3 unspecified atom stereocenters. The van der Waals surface area contributed by atoms with E-state index in [4.69, 9.17) is 10.5 Å². The average molecular weight is 277 g/mol. The number of aromatic amines is 1. The maximum absolute atomic E-state index is 13.1. The molecule has 0 radical (unpaired) electrons. The molecule has 0 spiro atoms. The number of hydrogen-bond acceptors (Lipinski definition) is 3. The van der Waals surface area contributed by atoms with Crippen LogP contribution in [-0.4, -0.2) is 27.9 Å². The largest absolute Gasteiger partial charge is 0.417 e. The Hall–Kier alpha value is -1.57. The molecule has 5 nitrogen and oxygen atoms in total. The van der Waals surface area contributed by atoms with Crippen molar-refractivity contribution >= 4 is 5.91 Å². The van der Waals surface area contributed by atoms with E-state index in [0.717, 1.165) is 6.92 Å². The van der Waals surface area contributed by atoms with E-state index in [1.54, 1.807) is 0 Å². The average Bonchev–Trinajstić information content (AvgIpc) is 2.86. The van der Waals surface area contributed by atoms with Gasteiger partial charge in [0.2, 0.25) is 0 Å². The van der Waals surface area contributed by atoms with Crippen LogP contribution in [0, 0.1) is 5.92 Å². The Bertz CT molecular complexity index is 488. The van der Waals surface area contributed by atoms with Gasteiger partial charge in [0, 0.05) is 11.8 Å². The molecule has 1 aromatic rings. The van der Waals surface area contributed by atoms with E-state index in [2.05, 4.69) is 10.2 Å². The van der Waals surface area contributed by atoms with Gasteiger partial charge in [-0.1, -0.05) is 6.92 Å². The summed E-state index contributed by atoms with van der Waals surface area (Å²) in [6, 6.07) is 0. The van der Waals surface area contributed by atoms with Crippen LogP contribution in [0.2, 0.25) is 0 Å². The van der Waals surface area contributed by atoms with Gasteiger partial charge in [0.25, 0.3) is 5.91 Å². The maximum Gasteiger partial charge on any atom is 0.417 e. The number of H-pyrrole nitrogens is 1. The van der Waals surface area contributed by atoms with E-state index >= 15 is 0 Å². The van der Waals surface area contributed by atoms with Crippen LogP contribution in [0.25, 0.3) is 0 Å². The number of primary amides is 1. The minimum atomic E-state index is -4.59. The number of rotatable bonds is 2. The van der Waals surface area contributed by atoms with Crippen LogP contribution < -0.4 is 5.73 Å². The molecule has 8 heteroatoms. The highest BCUT2D eigenvalue weighted by Crippen LogP contribution is 2.54. The van der Waals surface area contributed by atoms with Crippen molar-refractivity contribution in [3.63, 3.8) is 0 Å². The molecule has 1 aliphatic heterocycles. The van der Waals surface area contributed by atoms with Gasteiger partial charge in [-0.25, -0.2) is 0 Å². The van der Waals surface area contributed by atoms with E-state index in [0.29, 0.717) is 0 Å². The third kappa shape index (κ3) is 1.81. The number of nitrogens with one attached hydrogen (secondary N) is 1. The van der Waals surface area contributed by atoms with Crippen LogP contribution in [0.5, 0.6) is 0 Å². The van der Waals surface area contributed by atoms with Crippen LogP contribution >= 0.6 is 0 Å². The Morgan fingerprint density at radius 3 is 2.63 bits per heavy atom. The van der Waals surface area contributed by atoms with Crippen LogP contribution in [0.4, 0.5) is 13.2 Å². The van der Waals surface area contributed by atoms with E-state index in [9.17, 15) is 18.0 Å². The van der Waals surface area contributed by atoms with Gasteiger partial charge in [0.1, 0.15) is 0 Å². The standard InChI is InChI=1S/C11H14F3N3O2/c1-6-3-10(8(15)18,7-4-16-17-5-7)19-9(6,2)11(12,13)14/h4-6H,3H2,1-2H3,(H2,15,18)(H,16,17). The van der Waals surface area contributed by atoms with Crippen molar-refractivity contribution in [2.45, 2.75) is 37.6 Å². The first-order valence-corrected chi connectivity index (χ1v) is 5.69. The Kier molecular flexibility index (Phi) is 2.89. The summed E-state index contributed by atoms with van der Waals surface area (Å²) in [5.74, 6) is -1.86. The molecular weight excluding hydrogens is 263 g/mol. The summed E-state index contributed by atoms with van der Waals surface area (Å²) >= 11 is 0. The van der Waals surface area contributed by atoms with Crippen LogP contribution in [0.3, 0.4) is 0 Å². The normalized spacial score (nSPS) is 35.5. The minimum absolute atomic E-state index is 0.141. The zero-order valence-corrected chi connectivity index (χ0v) is 10.4. The molecule has 3 atom stereocenters. The molecule has 1 fully saturated rings. The number of carbonyl (C=O) groups excluding carboxylic acids is 1. The molecule has 0 saturated carbocycles. The third-order valence-electron chi connectivity index (χ3n) is 3.85. The molecule has 106 valence electrons. The number of amides is 1. The van der Waals surface area contributed by atoms with E-state index < -0.39 is 29.2 Å². The van der Waals surface area contributed by atoms with Crippen molar-refractivity contribution in [2.24, 2.45) is 11.7 Å². The predicted molar refractivity (Wildman–Crippen MR) is 58.8 cm³/mol. The number of halogens is 3. The monoisotopic (exact) mass is 277 g/mol. The molecule has 19 heavy (non-hydrogen) atoms. The summed E-state index contributed by atoms with van der Waals surface area (Å²) in [6.45, 7) is 2.32. The summed E-state index contributed by atoms with van der Waals surface area (Å²) in [7, 11) is 0. The molecule has 0 bridgehead atoms. The van der Waals surface area contributed by atoms with Crippen molar-refractivity contribution in [1.82, 2.24) is 10.2 Å². The molecule has 0 aliphatic carbocycles. The first kappa shape index (κ1) is 13.9. The smallest absolute Gasteiger partial charge is 0.367 e. The highest BCUT2D eigenvalue weighted by molar-refractivity contribution is 5.85. The number of nitrogens with zero attached hydrogens (tertiary/aromatic N) is 1. The molecule has 1 aromatic heterocycles. The fraction of sp³-hybridized carbons (Fsp3) is 0.636. The lowest BCUT2D eigenvalue weighted by molar-refractivity contribution is -0.285. The third-order valence-corrected chi connectivity index (χ3v) is 3.85. The van der Waals surface area contributed by atoms with E-state index in [-0.39, 0.29) is 12.0 Å². The SMILES string of the molecule is CC1CC(C(N)=O)(c2cn[nH]c2)OC1(C)C(F)(F)F. The molecule has 1 saturated heterocycles. The van der Waals surface area contributed by atoms with Crippen molar-refractivity contribution in [1.29, 1.82) is 0 Å². The lowest BCUT2D eigenvalue weighted by atomic mass is 9.84. The van der Waals surface area contributed by atoms with Crippen LogP contribution in [-0.2, 0) is 15.1 Å². The number of nitrogens with two attached hydrogens (primary N) is 1. The second-order valence-electron chi connectivity index (χ2n) is 4.99. The Balaban J connectivity index is 2.49. The van der Waals surface area contributed by atoms with Crippen molar-refractivity contribution < 1.29 is 22.7 Å². The minimum Gasteiger partial charge on any atom is -0.367 e. The molecular formula is C11H14F3N3O2. The summed E-state index contributed by atoms with van der Waals surface area (Å²) in [6.07, 6.45) is -2.16. The number of carbonyl (C=O) groups is 1.